The third-order valence-electron chi connectivity index (χ3n) is 5.79. The first-order valence-corrected chi connectivity index (χ1v) is 11.4. The fourth-order valence-electron chi connectivity index (χ4n) is 4.23. The van der Waals surface area contributed by atoms with Crippen LogP contribution in [0.3, 0.4) is 0 Å². The lowest BCUT2D eigenvalue weighted by Gasteiger charge is -2.28. The van der Waals surface area contributed by atoms with Gasteiger partial charge in [0, 0.05) is 18.5 Å². The summed E-state index contributed by atoms with van der Waals surface area (Å²) in [5.74, 6) is -1.06. The van der Waals surface area contributed by atoms with Gasteiger partial charge < -0.3 is 9.64 Å². The Kier molecular flexibility index (Phi) is 4.66. The van der Waals surface area contributed by atoms with Crippen LogP contribution in [0.15, 0.2) is 65.6 Å². The maximum Gasteiger partial charge on any atom is 0.327 e. The van der Waals surface area contributed by atoms with Crippen LogP contribution in [0.1, 0.15) is 11.1 Å². The van der Waals surface area contributed by atoms with E-state index in [0.717, 1.165) is 21.7 Å². The smallest absolute Gasteiger partial charge is 0.327 e. The van der Waals surface area contributed by atoms with Crippen molar-refractivity contribution < 1.29 is 22.7 Å². The number of fused-ring (bicyclic) bond motifs is 1. The average Bonchev–Trinajstić information content (AvgIpc) is 3.00. The number of benzene rings is 3. The molecule has 0 unspecified atom stereocenters. The second-order valence-corrected chi connectivity index (χ2v) is 9.47. The Morgan fingerprint density at radius 1 is 0.935 bits per heavy atom. The van der Waals surface area contributed by atoms with Crippen molar-refractivity contribution in [2.24, 2.45) is 0 Å². The van der Waals surface area contributed by atoms with Gasteiger partial charge in [0.05, 0.1) is 10.6 Å². The molecule has 3 aromatic carbocycles. The molecule has 0 aliphatic carbocycles. The quantitative estimate of drug-likeness (QED) is 0.587. The molecule has 0 N–H and O–H groups in total. The van der Waals surface area contributed by atoms with Gasteiger partial charge in [-0.2, -0.15) is 0 Å². The molecule has 0 radical (unpaired) electrons. The minimum atomic E-state index is -3.85. The van der Waals surface area contributed by atoms with Crippen LogP contribution in [0.5, 0.6) is 0 Å². The van der Waals surface area contributed by atoms with Gasteiger partial charge in [-0.15, -0.1) is 0 Å². The van der Waals surface area contributed by atoms with Gasteiger partial charge in [0.2, 0.25) is 0 Å². The molecule has 0 saturated heterocycles. The van der Waals surface area contributed by atoms with Crippen molar-refractivity contribution in [2.75, 3.05) is 24.0 Å². The molecule has 5 rings (SSSR count). The summed E-state index contributed by atoms with van der Waals surface area (Å²) >= 11 is 0. The lowest BCUT2D eigenvalue weighted by Crippen LogP contribution is -2.40. The number of ether oxygens (including phenoxy) is 1. The number of rotatable bonds is 4. The summed E-state index contributed by atoms with van der Waals surface area (Å²) < 4.78 is 32.1. The van der Waals surface area contributed by atoms with E-state index < -0.39 is 29.1 Å². The Balaban J connectivity index is 1.26. The topological polar surface area (TPSA) is 84.0 Å². The third-order valence-corrected chi connectivity index (χ3v) is 7.60. The van der Waals surface area contributed by atoms with Crippen LogP contribution >= 0.6 is 0 Å². The Hall–Kier alpha value is -3.39. The van der Waals surface area contributed by atoms with Crippen LogP contribution < -0.4 is 4.31 Å². The fourth-order valence-corrected chi connectivity index (χ4v) is 5.89. The monoisotopic (exact) mass is 436 g/mol. The van der Waals surface area contributed by atoms with Gasteiger partial charge >= 0.3 is 5.97 Å². The fraction of sp³-hybridized carbons (Fsp3) is 0.217. The number of sulfonamides is 1. The maximum atomic E-state index is 12.9. The van der Waals surface area contributed by atoms with E-state index in [4.69, 9.17) is 4.74 Å². The van der Waals surface area contributed by atoms with Crippen molar-refractivity contribution in [2.45, 2.75) is 17.9 Å². The first-order valence-electron chi connectivity index (χ1n) is 10.00. The number of hydrogen-bond donors (Lipinski definition) is 0. The highest BCUT2D eigenvalue weighted by molar-refractivity contribution is 7.93. The lowest BCUT2D eigenvalue weighted by molar-refractivity contribution is -0.151. The highest BCUT2D eigenvalue weighted by Gasteiger charge is 2.37. The molecule has 0 atom stereocenters. The lowest BCUT2D eigenvalue weighted by atomic mass is 10.00. The van der Waals surface area contributed by atoms with Gasteiger partial charge in [0.25, 0.3) is 15.9 Å². The zero-order valence-electron chi connectivity index (χ0n) is 16.7. The molecule has 0 fully saturated rings. The highest BCUT2D eigenvalue weighted by Crippen LogP contribution is 2.41. The number of esters is 1. The van der Waals surface area contributed by atoms with Gasteiger partial charge in [-0.05, 0) is 35.1 Å². The molecule has 31 heavy (non-hydrogen) atoms. The van der Waals surface area contributed by atoms with E-state index in [1.54, 1.807) is 23.1 Å². The van der Waals surface area contributed by atoms with Crippen molar-refractivity contribution in [1.29, 1.82) is 0 Å². The number of anilines is 1. The predicted molar refractivity (Wildman–Crippen MR) is 115 cm³/mol. The molecule has 158 valence electrons. The summed E-state index contributed by atoms with van der Waals surface area (Å²) in [6.45, 7) is 0.147. The van der Waals surface area contributed by atoms with Crippen LogP contribution in [-0.4, -0.2) is 44.9 Å². The van der Waals surface area contributed by atoms with E-state index in [2.05, 4.69) is 0 Å². The van der Waals surface area contributed by atoms with Crippen molar-refractivity contribution >= 4 is 38.4 Å². The van der Waals surface area contributed by atoms with Crippen LogP contribution in [0.4, 0.5) is 5.69 Å². The second kappa shape index (κ2) is 7.39. The molecule has 0 spiro atoms. The van der Waals surface area contributed by atoms with Gasteiger partial charge in [-0.1, -0.05) is 48.5 Å². The van der Waals surface area contributed by atoms with Crippen LogP contribution in [0.25, 0.3) is 10.8 Å². The molecule has 0 saturated carbocycles. The Bertz CT molecular complexity index is 1310. The Labute approximate surface area is 179 Å². The van der Waals surface area contributed by atoms with Crippen molar-refractivity contribution in [3.63, 3.8) is 0 Å². The zero-order valence-corrected chi connectivity index (χ0v) is 17.5. The van der Waals surface area contributed by atoms with E-state index in [1.165, 1.54) is 11.6 Å². The van der Waals surface area contributed by atoms with E-state index in [9.17, 15) is 18.0 Å². The highest BCUT2D eigenvalue weighted by atomic mass is 32.2. The Morgan fingerprint density at radius 2 is 1.68 bits per heavy atom. The number of hydrogen-bond acceptors (Lipinski definition) is 5. The van der Waals surface area contributed by atoms with Gasteiger partial charge in [-0.25, -0.2) is 8.42 Å². The summed E-state index contributed by atoms with van der Waals surface area (Å²) in [5, 5.41) is 1.39. The summed E-state index contributed by atoms with van der Waals surface area (Å²) in [5.41, 5.74) is 2.75. The minimum Gasteiger partial charge on any atom is -0.454 e. The number of nitrogens with zero attached hydrogens (tertiary/aromatic N) is 2. The standard InChI is InChI=1S/C23H20N2O5S/c26-21(24-12-11-16-5-1-2-6-18(16)13-24)15-30-22(27)14-25-19-9-3-7-17-8-4-10-20(23(17)19)31(25,28)29/h1-10H,11-15H2. The maximum absolute atomic E-state index is 12.9. The van der Waals surface area contributed by atoms with Crippen molar-refractivity contribution in [3.05, 3.63) is 71.8 Å². The van der Waals surface area contributed by atoms with Gasteiger partial charge in [-0.3, -0.25) is 13.9 Å². The second-order valence-electron chi connectivity index (χ2n) is 7.64. The minimum absolute atomic E-state index is 0.177. The van der Waals surface area contributed by atoms with Gasteiger partial charge in [0.1, 0.15) is 6.54 Å². The molecule has 2 aliphatic heterocycles. The van der Waals surface area contributed by atoms with E-state index in [-0.39, 0.29) is 10.8 Å². The third kappa shape index (κ3) is 3.33. The number of carbonyl (C=O) groups is 2. The predicted octanol–water partition coefficient (Wildman–Crippen LogP) is 2.48. The SMILES string of the molecule is O=C(CN1c2cccc3cccc(c23)S1(=O)=O)OCC(=O)N1CCc2ccccc2C1. The van der Waals surface area contributed by atoms with Crippen LogP contribution in [0.2, 0.25) is 0 Å². The van der Waals surface area contributed by atoms with Crippen molar-refractivity contribution in [3.8, 4) is 0 Å². The molecule has 2 aliphatic rings. The van der Waals surface area contributed by atoms with Crippen molar-refractivity contribution in [1.82, 2.24) is 4.90 Å². The molecule has 1 amide bonds. The van der Waals surface area contributed by atoms with Gasteiger partial charge in [0.15, 0.2) is 6.61 Å². The summed E-state index contributed by atoms with van der Waals surface area (Å²) in [6, 6.07) is 18.2. The summed E-state index contributed by atoms with van der Waals surface area (Å²) in [7, 11) is -3.85. The first-order chi connectivity index (χ1) is 14.9. The molecular weight excluding hydrogens is 416 g/mol. The van der Waals surface area contributed by atoms with Crippen LogP contribution in [-0.2, 0) is 37.3 Å². The Morgan fingerprint density at radius 3 is 2.48 bits per heavy atom. The van der Waals surface area contributed by atoms with E-state index in [1.807, 2.05) is 36.4 Å². The van der Waals surface area contributed by atoms with E-state index in [0.29, 0.717) is 24.2 Å². The molecule has 7 nitrogen and oxygen atoms in total. The molecular formula is C23H20N2O5S. The molecule has 3 aromatic rings. The molecule has 8 heteroatoms. The van der Waals surface area contributed by atoms with E-state index >= 15 is 0 Å². The van der Waals surface area contributed by atoms with Crippen LogP contribution in [0, 0.1) is 0 Å². The molecule has 2 heterocycles. The number of carbonyl (C=O) groups excluding carboxylic acids is 2. The summed E-state index contributed by atoms with van der Waals surface area (Å²) in [4.78, 5) is 26.8. The normalized spacial score (nSPS) is 16.3. The largest absolute Gasteiger partial charge is 0.454 e. The average molecular weight is 436 g/mol. The first kappa shape index (κ1) is 19.6. The zero-order chi connectivity index (χ0) is 21.6. The summed E-state index contributed by atoms with van der Waals surface area (Å²) in [6.07, 6.45) is 0.754. The molecule has 0 aromatic heterocycles. The number of amides is 1. The molecule has 0 bridgehead atoms.